The highest BCUT2D eigenvalue weighted by atomic mass is 16.3. The Morgan fingerprint density at radius 1 is 0.556 bits per heavy atom. The van der Waals surface area contributed by atoms with E-state index in [0.717, 1.165) is 25.7 Å². The summed E-state index contributed by atoms with van der Waals surface area (Å²) in [6.45, 7) is 4.22. The highest BCUT2D eigenvalue weighted by Crippen LogP contribution is 2.15. The summed E-state index contributed by atoms with van der Waals surface area (Å²) in [6.07, 6.45) is 41.2. The zero-order chi connectivity index (χ0) is 33.1. The van der Waals surface area contributed by atoms with Crippen LogP contribution < -0.4 is 5.32 Å². The number of carbonyl (C=O) groups excluding carboxylic acids is 1. The first kappa shape index (κ1) is 43.8. The summed E-state index contributed by atoms with van der Waals surface area (Å²) in [4.78, 5) is 12.4. The number of amides is 1. The Morgan fingerprint density at radius 2 is 0.933 bits per heavy atom. The van der Waals surface area contributed by atoms with Crippen molar-refractivity contribution in [1.29, 1.82) is 0 Å². The van der Waals surface area contributed by atoms with E-state index in [1.165, 1.54) is 141 Å². The van der Waals surface area contributed by atoms with Crippen molar-refractivity contribution < 1.29 is 20.1 Å². The van der Waals surface area contributed by atoms with Crippen molar-refractivity contribution in [2.75, 3.05) is 6.61 Å². The molecule has 0 radical (unpaired) electrons. The lowest BCUT2D eigenvalue weighted by Gasteiger charge is -2.23. The Morgan fingerprint density at radius 3 is 1.40 bits per heavy atom. The third-order valence-corrected chi connectivity index (χ3v) is 9.05. The van der Waals surface area contributed by atoms with Crippen molar-refractivity contribution in [3.05, 3.63) is 24.3 Å². The van der Waals surface area contributed by atoms with E-state index < -0.39 is 18.2 Å². The summed E-state index contributed by atoms with van der Waals surface area (Å²) in [5.74, 6) is -0.288. The van der Waals surface area contributed by atoms with Crippen molar-refractivity contribution >= 4 is 5.91 Å². The fraction of sp³-hybridized carbons (Fsp3) is 0.875. The van der Waals surface area contributed by atoms with E-state index in [9.17, 15) is 20.1 Å². The number of allylic oxidation sites excluding steroid dienone is 4. The molecule has 5 heteroatoms. The molecule has 0 aromatic rings. The predicted octanol–water partition coefficient (Wildman–Crippen LogP) is 10.7. The van der Waals surface area contributed by atoms with Gasteiger partial charge in [-0.05, 0) is 38.5 Å². The van der Waals surface area contributed by atoms with Gasteiger partial charge in [0.1, 0.15) is 0 Å². The maximum absolute atomic E-state index is 12.4. The van der Waals surface area contributed by atoms with E-state index in [4.69, 9.17) is 0 Å². The largest absolute Gasteiger partial charge is 0.394 e. The first-order chi connectivity index (χ1) is 22.0. The van der Waals surface area contributed by atoms with Crippen molar-refractivity contribution in [2.24, 2.45) is 0 Å². The van der Waals surface area contributed by atoms with E-state index >= 15 is 0 Å². The summed E-state index contributed by atoms with van der Waals surface area (Å²) < 4.78 is 0. The molecule has 0 rings (SSSR count). The summed E-state index contributed by atoms with van der Waals surface area (Å²) in [7, 11) is 0. The molecule has 0 saturated heterocycles. The van der Waals surface area contributed by atoms with Crippen LogP contribution in [0.25, 0.3) is 0 Å². The topological polar surface area (TPSA) is 89.8 Å². The van der Waals surface area contributed by atoms with Crippen molar-refractivity contribution in [3.8, 4) is 0 Å². The van der Waals surface area contributed by atoms with Gasteiger partial charge in [0.2, 0.25) is 5.91 Å². The molecule has 0 heterocycles. The number of carbonyl (C=O) groups is 1. The van der Waals surface area contributed by atoms with E-state index in [1.54, 1.807) is 0 Å². The number of hydrogen-bond donors (Lipinski definition) is 4. The van der Waals surface area contributed by atoms with Gasteiger partial charge in [-0.3, -0.25) is 4.79 Å². The smallest absolute Gasteiger partial charge is 0.222 e. The van der Waals surface area contributed by atoms with Gasteiger partial charge < -0.3 is 20.6 Å². The Balaban J connectivity index is 3.67. The molecule has 4 N–H and O–H groups in total. The van der Waals surface area contributed by atoms with Crippen LogP contribution in [0.4, 0.5) is 0 Å². The molecule has 0 aliphatic rings. The van der Waals surface area contributed by atoms with Crippen LogP contribution in [-0.4, -0.2) is 46.1 Å². The van der Waals surface area contributed by atoms with Crippen molar-refractivity contribution in [1.82, 2.24) is 5.32 Å². The van der Waals surface area contributed by atoms with Crippen molar-refractivity contribution in [3.63, 3.8) is 0 Å². The molecule has 0 bridgehead atoms. The predicted molar refractivity (Wildman–Crippen MR) is 195 cm³/mol. The number of hydrogen-bond acceptors (Lipinski definition) is 4. The number of unbranched alkanes of at least 4 members (excludes halogenated alkanes) is 23. The van der Waals surface area contributed by atoms with Gasteiger partial charge >= 0.3 is 0 Å². The van der Waals surface area contributed by atoms with Gasteiger partial charge in [0, 0.05) is 0 Å². The Hall–Kier alpha value is -1.17. The zero-order valence-corrected chi connectivity index (χ0v) is 30.0. The normalized spacial score (nSPS) is 14.0. The van der Waals surface area contributed by atoms with Crippen LogP contribution >= 0.6 is 0 Å². The van der Waals surface area contributed by atoms with Gasteiger partial charge in [-0.15, -0.1) is 0 Å². The number of aliphatic hydroxyl groups excluding tert-OH is 3. The van der Waals surface area contributed by atoms with Crippen LogP contribution in [-0.2, 0) is 4.79 Å². The summed E-state index contributed by atoms with van der Waals surface area (Å²) in [5.41, 5.74) is 0. The molecular weight excluding hydrogens is 558 g/mol. The summed E-state index contributed by atoms with van der Waals surface area (Å²) in [6, 6.07) is -0.657. The van der Waals surface area contributed by atoms with Crippen LogP contribution in [0, 0.1) is 0 Å². The molecule has 45 heavy (non-hydrogen) atoms. The quantitative estimate of drug-likeness (QED) is 0.0412. The van der Waals surface area contributed by atoms with Gasteiger partial charge in [-0.1, -0.05) is 179 Å². The molecule has 0 saturated carbocycles. The molecule has 0 aromatic carbocycles. The van der Waals surface area contributed by atoms with Gasteiger partial charge in [-0.2, -0.15) is 0 Å². The Labute approximate surface area is 280 Å². The highest BCUT2D eigenvalue weighted by molar-refractivity contribution is 5.76. The van der Waals surface area contributed by atoms with Crippen LogP contribution in [0.5, 0.6) is 0 Å². The minimum absolute atomic E-state index is 0.0328. The van der Waals surface area contributed by atoms with Crippen LogP contribution in [0.2, 0.25) is 0 Å². The summed E-state index contributed by atoms with van der Waals surface area (Å²) >= 11 is 0. The molecule has 3 unspecified atom stereocenters. The van der Waals surface area contributed by atoms with Crippen LogP contribution in [0.15, 0.2) is 24.3 Å². The van der Waals surface area contributed by atoms with E-state index in [1.807, 2.05) is 0 Å². The molecule has 1 amide bonds. The minimum atomic E-state index is -0.748. The third kappa shape index (κ3) is 32.6. The molecule has 266 valence electrons. The number of aliphatic hydroxyl groups is 3. The standard InChI is InChI=1S/C40H77NO4/c1-3-5-7-9-11-13-15-17-18-19-20-22-23-25-27-29-31-33-37(43)35-40(45)41-38(36-42)39(44)34-32-30-28-26-24-21-16-14-12-10-8-6-4-2/h11,13,15,17,37-39,42-44H,3-10,12,14,16,18-36H2,1-2H3,(H,41,45)/b13-11-,17-15-. The lowest BCUT2D eigenvalue weighted by atomic mass is 10.0. The average molecular weight is 636 g/mol. The summed E-state index contributed by atoms with van der Waals surface area (Å²) in [5, 5.41) is 33.3. The maximum Gasteiger partial charge on any atom is 0.222 e. The zero-order valence-electron chi connectivity index (χ0n) is 30.0. The van der Waals surface area contributed by atoms with E-state index in [2.05, 4.69) is 43.5 Å². The second-order valence-corrected chi connectivity index (χ2v) is 13.6. The van der Waals surface area contributed by atoms with E-state index in [-0.39, 0.29) is 18.9 Å². The van der Waals surface area contributed by atoms with Gasteiger partial charge in [0.15, 0.2) is 0 Å². The highest BCUT2D eigenvalue weighted by Gasteiger charge is 2.21. The molecule has 0 fully saturated rings. The average Bonchev–Trinajstić information content (AvgIpc) is 3.03. The lowest BCUT2D eigenvalue weighted by molar-refractivity contribution is -0.125. The Bertz CT molecular complexity index is 665. The van der Waals surface area contributed by atoms with Gasteiger partial charge in [-0.25, -0.2) is 0 Å². The number of rotatable bonds is 35. The molecule has 0 aliphatic heterocycles. The number of nitrogens with one attached hydrogen (secondary N) is 1. The molecule has 0 aromatic heterocycles. The van der Waals surface area contributed by atoms with Crippen molar-refractivity contribution in [2.45, 2.75) is 218 Å². The fourth-order valence-electron chi connectivity index (χ4n) is 5.98. The first-order valence-corrected chi connectivity index (χ1v) is 19.6. The maximum atomic E-state index is 12.4. The second kappa shape index (κ2) is 35.7. The molecule has 5 nitrogen and oxygen atoms in total. The molecule has 3 atom stereocenters. The SMILES string of the molecule is CCCCC/C=C\C=C/CCCCCCCCCCC(O)CC(=O)NC(CO)C(O)CCCCCCCCCCCCCCC. The van der Waals surface area contributed by atoms with Gasteiger partial charge in [0.25, 0.3) is 0 Å². The molecule has 0 spiro atoms. The first-order valence-electron chi connectivity index (χ1n) is 19.6. The van der Waals surface area contributed by atoms with E-state index in [0.29, 0.717) is 12.8 Å². The monoisotopic (exact) mass is 636 g/mol. The lowest BCUT2D eigenvalue weighted by Crippen LogP contribution is -2.46. The second-order valence-electron chi connectivity index (χ2n) is 13.6. The van der Waals surface area contributed by atoms with Crippen LogP contribution in [0.1, 0.15) is 200 Å². The third-order valence-electron chi connectivity index (χ3n) is 9.05. The van der Waals surface area contributed by atoms with Crippen LogP contribution in [0.3, 0.4) is 0 Å². The molecule has 0 aliphatic carbocycles. The minimum Gasteiger partial charge on any atom is -0.394 e. The molecular formula is C40H77NO4. The Kier molecular flexibility index (Phi) is 34.8. The fourth-order valence-corrected chi connectivity index (χ4v) is 5.98. The van der Waals surface area contributed by atoms with Gasteiger partial charge in [0.05, 0.1) is 31.3 Å².